The van der Waals surface area contributed by atoms with Crippen LogP contribution in [-0.2, 0) is 0 Å². The molecule has 0 radical (unpaired) electrons. The minimum Gasteiger partial charge on any atom is -0.384 e. The third kappa shape index (κ3) is 1.57. The van der Waals surface area contributed by atoms with Crippen molar-refractivity contribution in [1.29, 1.82) is 0 Å². The molecule has 0 aromatic heterocycles. The van der Waals surface area contributed by atoms with E-state index in [1.54, 1.807) is 0 Å². The Labute approximate surface area is 99.6 Å². The van der Waals surface area contributed by atoms with Crippen LogP contribution in [0.1, 0.15) is 9.49 Å². The minimum atomic E-state index is 0.653. The normalized spacial score (nSPS) is 27.5. The van der Waals surface area contributed by atoms with Gasteiger partial charge in [0, 0.05) is 16.2 Å². The van der Waals surface area contributed by atoms with E-state index in [-0.39, 0.29) is 0 Å². The maximum absolute atomic E-state index is 3.43. The van der Waals surface area contributed by atoms with E-state index in [1.807, 2.05) is 0 Å². The number of hydrogen-bond acceptors (Lipinski definition) is 1. The van der Waals surface area contributed by atoms with E-state index in [1.165, 1.54) is 11.3 Å². The predicted molar refractivity (Wildman–Crippen MR) is 69.5 cm³/mol. The molecule has 1 aliphatic heterocycles. The predicted octanol–water partition coefficient (Wildman–Crippen LogP) is 3.39. The average molecular weight is 385 g/mol. The molecule has 0 saturated heterocycles. The molecule has 1 aromatic rings. The van der Waals surface area contributed by atoms with Crippen molar-refractivity contribution in [2.24, 2.45) is 0 Å². The molecular formula is C9H9I2N. The number of anilines is 1. The van der Waals surface area contributed by atoms with Gasteiger partial charge in [-0.2, -0.15) is 0 Å². The third-order valence-electron chi connectivity index (χ3n) is 2.06. The number of halogens is 2. The average Bonchev–Trinajstić information content (AvgIpc) is 2.12. The van der Waals surface area contributed by atoms with Gasteiger partial charge in [-0.25, -0.2) is 0 Å². The fourth-order valence-corrected chi connectivity index (χ4v) is 2.81. The first kappa shape index (κ1) is 9.05. The van der Waals surface area contributed by atoms with Gasteiger partial charge in [0.05, 0.1) is 3.92 Å². The summed E-state index contributed by atoms with van der Waals surface area (Å²) in [5, 5.41) is 3.43. The summed E-state index contributed by atoms with van der Waals surface area (Å²) >= 11 is 5.04. The van der Waals surface area contributed by atoms with Crippen LogP contribution >= 0.6 is 45.2 Å². The molecule has 0 bridgehead atoms. The van der Waals surface area contributed by atoms with E-state index >= 15 is 0 Å². The lowest BCUT2D eigenvalue weighted by Gasteiger charge is -2.27. The van der Waals surface area contributed by atoms with Crippen LogP contribution in [0.2, 0.25) is 0 Å². The Morgan fingerprint density at radius 3 is 2.83 bits per heavy atom. The number of fused-ring (bicyclic) bond motifs is 1. The molecule has 2 rings (SSSR count). The quantitative estimate of drug-likeness (QED) is 0.534. The molecule has 0 saturated carbocycles. The Morgan fingerprint density at radius 1 is 1.25 bits per heavy atom. The van der Waals surface area contributed by atoms with Crippen LogP contribution in [0.25, 0.3) is 0 Å². The van der Waals surface area contributed by atoms with Crippen molar-refractivity contribution in [2.75, 3.05) is 11.9 Å². The van der Waals surface area contributed by atoms with Crippen molar-refractivity contribution in [2.45, 2.75) is 7.85 Å². The first-order chi connectivity index (χ1) is 5.79. The molecule has 12 heavy (non-hydrogen) atoms. The standard InChI is InChI=1S/C9H9I2N/c10-7-5-12-8-4-2-1-3-6(8)9(7)11/h1-4,7,9,12H,5H2. The van der Waals surface area contributed by atoms with Crippen LogP contribution in [0.15, 0.2) is 24.3 Å². The molecule has 0 aliphatic carbocycles. The molecule has 64 valence electrons. The van der Waals surface area contributed by atoms with Crippen molar-refractivity contribution in [3.8, 4) is 0 Å². The summed E-state index contributed by atoms with van der Waals surface area (Å²) in [5.74, 6) is 0. The van der Waals surface area contributed by atoms with Crippen molar-refractivity contribution in [3.05, 3.63) is 29.8 Å². The second kappa shape index (κ2) is 3.69. The molecule has 0 spiro atoms. The zero-order valence-electron chi connectivity index (χ0n) is 6.43. The molecule has 3 heteroatoms. The van der Waals surface area contributed by atoms with E-state index in [9.17, 15) is 0 Å². The largest absolute Gasteiger partial charge is 0.384 e. The van der Waals surface area contributed by atoms with Crippen LogP contribution in [0.3, 0.4) is 0 Å². The van der Waals surface area contributed by atoms with Gasteiger partial charge in [-0.1, -0.05) is 63.4 Å². The summed E-state index contributed by atoms with van der Waals surface area (Å²) < 4.78 is 1.36. The number of benzene rings is 1. The fraction of sp³-hybridized carbons (Fsp3) is 0.333. The Balaban J connectivity index is 2.42. The second-order valence-corrected chi connectivity index (χ2v) is 5.83. The van der Waals surface area contributed by atoms with Crippen LogP contribution < -0.4 is 5.32 Å². The second-order valence-electron chi connectivity index (χ2n) is 2.89. The highest BCUT2D eigenvalue weighted by molar-refractivity contribution is 14.1. The molecule has 2 unspecified atom stereocenters. The molecular weight excluding hydrogens is 376 g/mol. The van der Waals surface area contributed by atoms with E-state index in [4.69, 9.17) is 0 Å². The Kier molecular flexibility index (Phi) is 2.78. The lowest BCUT2D eigenvalue weighted by molar-refractivity contribution is 0.883. The van der Waals surface area contributed by atoms with Gasteiger partial charge in [-0.3, -0.25) is 0 Å². The van der Waals surface area contributed by atoms with Gasteiger partial charge in [-0.05, 0) is 11.6 Å². The van der Waals surface area contributed by atoms with Crippen LogP contribution in [0.4, 0.5) is 5.69 Å². The third-order valence-corrected chi connectivity index (χ3v) is 6.14. The topological polar surface area (TPSA) is 12.0 Å². The number of rotatable bonds is 0. The Morgan fingerprint density at radius 2 is 2.00 bits per heavy atom. The maximum atomic E-state index is 3.43. The summed E-state index contributed by atoms with van der Waals surface area (Å²) in [4.78, 5) is 0. The van der Waals surface area contributed by atoms with Crippen LogP contribution in [0, 0.1) is 0 Å². The first-order valence-corrected chi connectivity index (χ1v) is 6.39. The first-order valence-electron chi connectivity index (χ1n) is 3.90. The zero-order chi connectivity index (χ0) is 8.55. The van der Waals surface area contributed by atoms with Gasteiger partial charge < -0.3 is 5.32 Å². The van der Waals surface area contributed by atoms with Gasteiger partial charge in [0.2, 0.25) is 0 Å². The Bertz CT molecular complexity index is 288. The van der Waals surface area contributed by atoms with Gasteiger partial charge in [0.15, 0.2) is 0 Å². The van der Waals surface area contributed by atoms with E-state index in [0.29, 0.717) is 7.85 Å². The highest BCUT2D eigenvalue weighted by Crippen LogP contribution is 2.39. The number of para-hydroxylation sites is 1. The summed E-state index contributed by atoms with van der Waals surface area (Å²) in [6.07, 6.45) is 0. The monoisotopic (exact) mass is 385 g/mol. The van der Waals surface area contributed by atoms with E-state index in [0.717, 1.165) is 6.54 Å². The number of alkyl halides is 2. The van der Waals surface area contributed by atoms with Gasteiger partial charge in [0.1, 0.15) is 0 Å². The number of nitrogens with one attached hydrogen (secondary N) is 1. The van der Waals surface area contributed by atoms with Gasteiger partial charge in [-0.15, -0.1) is 0 Å². The SMILES string of the molecule is IC1CNc2ccccc2C1I. The Hall–Kier alpha value is 0.480. The summed E-state index contributed by atoms with van der Waals surface area (Å²) in [6, 6.07) is 8.57. The summed E-state index contributed by atoms with van der Waals surface area (Å²) in [7, 11) is 0. The molecule has 1 nitrogen and oxygen atoms in total. The van der Waals surface area contributed by atoms with Gasteiger partial charge in [0.25, 0.3) is 0 Å². The molecule has 0 fully saturated rings. The van der Waals surface area contributed by atoms with Crippen LogP contribution in [-0.4, -0.2) is 10.5 Å². The highest BCUT2D eigenvalue weighted by Gasteiger charge is 2.24. The molecule has 1 heterocycles. The molecule has 1 aliphatic rings. The van der Waals surface area contributed by atoms with E-state index in [2.05, 4.69) is 74.8 Å². The number of hydrogen-bond donors (Lipinski definition) is 1. The lowest BCUT2D eigenvalue weighted by atomic mass is 10.0. The fourth-order valence-electron chi connectivity index (χ4n) is 1.40. The molecule has 1 aromatic carbocycles. The van der Waals surface area contributed by atoms with Crippen molar-refractivity contribution >= 4 is 50.9 Å². The molecule has 1 N–H and O–H groups in total. The van der Waals surface area contributed by atoms with Crippen LogP contribution in [0.5, 0.6) is 0 Å². The summed E-state index contributed by atoms with van der Waals surface area (Å²) in [5.41, 5.74) is 2.76. The summed E-state index contributed by atoms with van der Waals surface area (Å²) in [6.45, 7) is 1.09. The smallest absolute Gasteiger partial charge is 0.0514 e. The molecule has 2 atom stereocenters. The van der Waals surface area contributed by atoms with Gasteiger partial charge >= 0.3 is 0 Å². The zero-order valence-corrected chi connectivity index (χ0v) is 10.7. The van der Waals surface area contributed by atoms with E-state index < -0.39 is 0 Å². The van der Waals surface area contributed by atoms with Crippen molar-refractivity contribution < 1.29 is 0 Å². The molecule has 0 amide bonds. The minimum absolute atomic E-state index is 0.653. The van der Waals surface area contributed by atoms with Crippen molar-refractivity contribution in [3.63, 3.8) is 0 Å². The highest BCUT2D eigenvalue weighted by atomic mass is 127. The maximum Gasteiger partial charge on any atom is 0.0514 e. The van der Waals surface area contributed by atoms with Crippen molar-refractivity contribution in [1.82, 2.24) is 0 Å². The lowest BCUT2D eigenvalue weighted by Crippen LogP contribution is -2.24.